The molecule has 0 fully saturated rings. The fraction of sp³-hybridized carbons (Fsp3) is 0.375. The molecule has 0 saturated carbocycles. The summed E-state index contributed by atoms with van der Waals surface area (Å²) in [4.78, 5) is 3.85. The second kappa shape index (κ2) is 3.40. The van der Waals surface area contributed by atoms with Crippen molar-refractivity contribution in [2.45, 2.75) is 11.4 Å². The second-order valence-electron chi connectivity index (χ2n) is 3.11. The summed E-state index contributed by atoms with van der Waals surface area (Å²) in [5, 5.41) is 3.54. The molecule has 0 bridgehead atoms. The number of pyridine rings is 1. The largest absolute Gasteiger partial charge is 0.383 e. The predicted molar refractivity (Wildman–Crippen MR) is 54.4 cm³/mol. The first-order valence-corrected chi connectivity index (χ1v) is 6.25. The van der Waals surface area contributed by atoms with Gasteiger partial charge in [0.2, 0.25) is 0 Å². The molecule has 0 unspecified atom stereocenters. The summed E-state index contributed by atoms with van der Waals surface area (Å²) >= 11 is 5.73. The maximum Gasteiger partial charge on any atom is 0.197 e. The van der Waals surface area contributed by atoms with E-state index in [2.05, 4.69) is 10.3 Å². The molecule has 0 radical (unpaired) electrons. The summed E-state index contributed by atoms with van der Waals surface area (Å²) in [7, 11) is -3.23. The van der Waals surface area contributed by atoms with Crippen molar-refractivity contribution >= 4 is 27.1 Å². The molecule has 1 aliphatic rings. The standard InChI is InChI=1S/C8H9ClN2O2S/c9-6-4-7-8(11-5-6)14(12,13)3-1-2-10-7/h4-5,10H,1-3H2. The lowest BCUT2D eigenvalue weighted by Crippen LogP contribution is -2.07. The Morgan fingerprint density at radius 2 is 2.29 bits per heavy atom. The van der Waals surface area contributed by atoms with E-state index in [4.69, 9.17) is 11.6 Å². The minimum atomic E-state index is -3.23. The van der Waals surface area contributed by atoms with Crippen LogP contribution < -0.4 is 5.32 Å². The number of sulfone groups is 1. The van der Waals surface area contributed by atoms with Crippen LogP contribution in [0.1, 0.15) is 6.42 Å². The summed E-state index contributed by atoms with van der Waals surface area (Å²) in [6.07, 6.45) is 1.95. The van der Waals surface area contributed by atoms with Crippen LogP contribution in [0, 0.1) is 0 Å². The lowest BCUT2D eigenvalue weighted by molar-refractivity contribution is 0.592. The monoisotopic (exact) mass is 232 g/mol. The van der Waals surface area contributed by atoms with Crippen molar-refractivity contribution in [2.75, 3.05) is 17.6 Å². The van der Waals surface area contributed by atoms with Gasteiger partial charge in [0.05, 0.1) is 16.5 Å². The zero-order valence-electron chi connectivity index (χ0n) is 7.33. The van der Waals surface area contributed by atoms with Crippen LogP contribution in [0.15, 0.2) is 17.3 Å². The summed E-state index contributed by atoms with van der Waals surface area (Å²) in [5.74, 6) is 0.141. The highest BCUT2D eigenvalue weighted by Crippen LogP contribution is 2.25. The SMILES string of the molecule is O=S1(=O)CCCNc2cc(Cl)cnc21. The van der Waals surface area contributed by atoms with Crippen LogP contribution in [0.2, 0.25) is 5.02 Å². The first kappa shape index (κ1) is 9.73. The average molecular weight is 233 g/mol. The van der Waals surface area contributed by atoms with E-state index in [1.165, 1.54) is 6.20 Å². The Morgan fingerprint density at radius 3 is 3.07 bits per heavy atom. The van der Waals surface area contributed by atoms with Gasteiger partial charge in [-0.05, 0) is 12.5 Å². The Hall–Kier alpha value is -0.810. The number of nitrogens with one attached hydrogen (secondary N) is 1. The van der Waals surface area contributed by atoms with Gasteiger partial charge in [-0.2, -0.15) is 0 Å². The third-order valence-corrected chi connectivity index (χ3v) is 3.96. The molecule has 0 atom stereocenters. The van der Waals surface area contributed by atoms with Gasteiger partial charge in [0, 0.05) is 12.7 Å². The molecule has 4 nitrogen and oxygen atoms in total. The first-order chi connectivity index (χ1) is 6.59. The van der Waals surface area contributed by atoms with Crippen LogP contribution in [0.4, 0.5) is 5.69 Å². The fourth-order valence-corrected chi connectivity index (χ4v) is 2.94. The minimum absolute atomic E-state index is 0.111. The van der Waals surface area contributed by atoms with E-state index < -0.39 is 9.84 Å². The third-order valence-electron chi connectivity index (χ3n) is 2.02. The molecule has 2 rings (SSSR count). The smallest absolute Gasteiger partial charge is 0.197 e. The van der Waals surface area contributed by atoms with Gasteiger partial charge in [-0.3, -0.25) is 0 Å². The summed E-state index contributed by atoms with van der Waals surface area (Å²) in [5.41, 5.74) is 0.509. The van der Waals surface area contributed by atoms with Crippen molar-refractivity contribution in [2.24, 2.45) is 0 Å². The Bertz CT molecular complexity index is 458. The normalized spacial score (nSPS) is 19.2. The van der Waals surface area contributed by atoms with Crippen molar-refractivity contribution < 1.29 is 8.42 Å². The van der Waals surface area contributed by atoms with Crippen LogP contribution in [0.3, 0.4) is 0 Å². The van der Waals surface area contributed by atoms with Gasteiger partial charge in [-0.1, -0.05) is 11.6 Å². The Balaban J connectivity index is 2.62. The van der Waals surface area contributed by atoms with Crippen LogP contribution in [-0.4, -0.2) is 25.7 Å². The second-order valence-corrected chi connectivity index (χ2v) is 5.57. The van der Waals surface area contributed by atoms with E-state index in [0.717, 1.165) is 0 Å². The van der Waals surface area contributed by atoms with Crippen LogP contribution in [0.5, 0.6) is 0 Å². The topological polar surface area (TPSA) is 59.1 Å². The van der Waals surface area contributed by atoms with Crippen molar-refractivity contribution in [1.82, 2.24) is 4.98 Å². The molecule has 1 aromatic rings. The number of anilines is 1. The first-order valence-electron chi connectivity index (χ1n) is 4.22. The molecular formula is C8H9ClN2O2S. The quantitative estimate of drug-likeness (QED) is 0.733. The molecule has 1 N–H and O–H groups in total. The Kier molecular flexibility index (Phi) is 2.36. The van der Waals surface area contributed by atoms with Gasteiger partial charge >= 0.3 is 0 Å². The fourth-order valence-electron chi connectivity index (χ4n) is 1.38. The summed E-state index contributed by atoms with van der Waals surface area (Å²) in [6, 6.07) is 1.59. The van der Waals surface area contributed by atoms with Crippen molar-refractivity contribution in [3.63, 3.8) is 0 Å². The molecule has 1 aliphatic heterocycles. The molecule has 6 heteroatoms. The molecule has 1 aromatic heterocycles. The van der Waals surface area contributed by atoms with Crippen LogP contribution >= 0.6 is 11.6 Å². The van der Waals surface area contributed by atoms with Gasteiger partial charge in [-0.25, -0.2) is 13.4 Å². The summed E-state index contributed by atoms with van der Waals surface area (Å²) in [6.45, 7) is 0.633. The number of hydrogen-bond donors (Lipinski definition) is 1. The Morgan fingerprint density at radius 1 is 1.50 bits per heavy atom. The van der Waals surface area contributed by atoms with Crippen molar-refractivity contribution in [1.29, 1.82) is 0 Å². The molecule has 0 amide bonds. The van der Waals surface area contributed by atoms with Crippen molar-refractivity contribution in [3.8, 4) is 0 Å². The zero-order chi connectivity index (χ0) is 10.2. The lowest BCUT2D eigenvalue weighted by atomic mass is 10.4. The highest BCUT2D eigenvalue weighted by molar-refractivity contribution is 7.91. The highest BCUT2D eigenvalue weighted by Gasteiger charge is 2.23. The number of fused-ring (bicyclic) bond motifs is 1. The number of halogens is 1. The van der Waals surface area contributed by atoms with Crippen molar-refractivity contribution in [3.05, 3.63) is 17.3 Å². The summed E-state index contributed by atoms with van der Waals surface area (Å²) < 4.78 is 23.3. The van der Waals surface area contributed by atoms with Gasteiger partial charge < -0.3 is 5.32 Å². The van der Waals surface area contributed by atoms with E-state index in [0.29, 0.717) is 23.7 Å². The molecule has 0 aliphatic carbocycles. The van der Waals surface area contributed by atoms with Gasteiger partial charge in [-0.15, -0.1) is 0 Å². The number of nitrogens with zero attached hydrogens (tertiary/aromatic N) is 1. The average Bonchev–Trinajstić information content (AvgIpc) is 2.25. The van der Waals surface area contributed by atoms with E-state index >= 15 is 0 Å². The molecule has 0 spiro atoms. The lowest BCUT2D eigenvalue weighted by Gasteiger charge is -2.05. The number of rotatable bonds is 0. The maximum absolute atomic E-state index is 11.7. The van der Waals surface area contributed by atoms with Gasteiger partial charge in [0.15, 0.2) is 14.9 Å². The maximum atomic E-state index is 11.7. The van der Waals surface area contributed by atoms with Gasteiger partial charge in [0.1, 0.15) is 0 Å². The Labute approximate surface area is 87.2 Å². The molecule has 0 aromatic carbocycles. The molecular weight excluding hydrogens is 224 g/mol. The predicted octanol–water partition coefficient (Wildman–Crippen LogP) is 1.32. The van der Waals surface area contributed by atoms with E-state index in [-0.39, 0.29) is 10.8 Å². The highest BCUT2D eigenvalue weighted by atomic mass is 35.5. The molecule has 0 saturated heterocycles. The molecule has 2 heterocycles. The van der Waals surface area contributed by atoms with E-state index in [9.17, 15) is 8.42 Å². The molecule has 76 valence electrons. The number of aromatic nitrogens is 1. The van der Waals surface area contributed by atoms with Crippen LogP contribution in [-0.2, 0) is 9.84 Å². The zero-order valence-corrected chi connectivity index (χ0v) is 8.90. The van der Waals surface area contributed by atoms with E-state index in [1.807, 2.05) is 0 Å². The van der Waals surface area contributed by atoms with Crippen LogP contribution in [0.25, 0.3) is 0 Å². The molecule has 14 heavy (non-hydrogen) atoms. The van der Waals surface area contributed by atoms with E-state index in [1.54, 1.807) is 6.07 Å². The number of hydrogen-bond acceptors (Lipinski definition) is 4. The third kappa shape index (κ3) is 1.69. The minimum Gasteiger partial charge on any atom is -0.383 e. The van der Waals surface area contributed by atoms with Gasteiger partial charge in [0.25, 0.3) is 0 Å².